The van der Waals surface area contributed by atoms with Crippen molar-refractivity contribution in [2.75, 3.05) is 0 Å². The van der Waals surface area contributed by atoms with Gasteiger partial charge in [0, 0.05) is 15.0 Å². The Morgan fingerprint density at radius 2 is 1.39 bits per heavy atom. The second-order valence-electron chi connectivity index (χ2n) is 2.97. The van der Waals surface area contributed by atoms with Gasteiger partial charge in [-0.2, -0.15) is 0 Å². The van der Waals surface area contributed by atoms with Gasteiger partial charge in [0.25, 0.3) is 0 Å². The largest absolute Gasteiger partial charge is 0.205 e. The van der Waals surface area contributed by atoms with Crippen LogP contribution >= 0.6 is 11.3 Å². The lowest BCUT2D eigenvalue weighted by Gasteiger charge is -1.91. The van der Waals surface area contributed by atoms with Gasteiger partial charge in [-0.25, -0.2) is 4.39 Å². The molecule has 2 rings (SSSR count). The molecule has 0 nitrogen and oxygen atoms in total. The zero-order valence-electron chi connectivity index (χ0n) is 13.0. The van der Waals surface area contributed by atoms with Crippen LogP contribution in [-0.2, 0) is 0 Å². The van der Waals surface area contributed by atoms with Crippen LogP contribution in [0.2, 0.25) is 0 Å². The van der Waals surface area contributed by atoms with Crippen molar-refractivity contribution in [1.82, 2.24) is 0 Å². The summed E-state index contributed by atoms with van der Waals surface area (Å²) in [5.41, 5.74) is 1.18. The zero-order valence-corrected chi connectivity index (χ0v) is 13.8. The molecule has 0 saturated carbocycles. The topological polar surface area (TPSA) is 0 Å². The van der Waals surface area contributed by atoms with Gasteiger partial charge >= 0.3 is 0 Å². The molecule has 18 heavy (non-hydrogen) atoms. The normalized spacial score (nSPS) is 8.28. The Labute approximate surface area is 116 Å². The highest BCUT2D eigenvalue weighted by molar-refractivity contribution is 7.19. The van der Waals surface area contributed by atoms with Crippen molar-refractivity contribution in [2.24, 2.45) is 0 Å². The number of halogens is 1. The lowest BCUT2D eigenvalue weighted by atomic mass is 10.2. The fourth-order valence-electron chi connectivity index (χ4n) is 1.29. The van der Waals surface area contributed by atoms with E-state index < -0.39 is 0 Å². The van der Waals surface area contributed by atoms with Gasteiger partial charge in [0.15, 0.2) is 0 Å². The Balaban J connectivity index is 0. The molecule has 2 heteroatoms. The molecule has 104 valence electrons. The minimum Gasteiger partial charge on any atom is -0.205 e. The van der Waals surface area contributed by atoms with Crippen LogP contribution in [0.25, 0.3) is 10.1 Å². The van der Waals surface area contributed by atoms with Crippen molar-refractivity contribution >= 4 is 21.4 Å². The van der Waals surface area contributed by atoms with Gasteiger partial charge in [0.2, 0.25) is 0 Å². The monoisotopic (exact) mass is 270 g/mol. The van der Waals surface area contributed by atoms with Crippen LogP contribution < -0.4 is 0 Å². The second-order valence-corrected chi connectivity index (χ2v) is 4.23. The lowest BCUT2D eigenvalue weighted by Crippen LogP contribution is -1.72. The zero-order chi connectivity index (χ0) is 14.7. The Morgan fingerprint density at radius 3 is 1.89 bits per heavy atom. The summed E-state index contributed by atoms with van der Waals surface area (Å²) >= 11 is 1.52. The minimum atomic E-state index is -0.0602. The van der Waals surface area contributed by atoms with E-state index in [1.807, 2.05) is 73.6 Å². The Kier molecular flexibility index (Phi) is 12.1. The molecule has 0 bridgehead atoms. The molecule has 1 aromatic carbocycles. The number of fused-ring (bicyclic) bond motifs is 1. The maximum atomic E-state index is 13.3. The summed E-state index contributed by atoms with van der Waals surface area (Å²) in [5.74, 6) is -0.0602. The molecule has 2 aromatic rings. The third-order valence-corrected chi connectivity index (χ3v) is 2.99. The minimum absolute atomic E-state index is 0.0602. The molecule has 0 aliphatic rings. The Morgan fingerprint density at radius 1 is 0.889 bits per heavy atom. The molecule has 0 fully saturated rings. The number of benzene rings is 1. The van der Waals surface area contributed by atoms with Gasteiger partial charge in [-0.05, 0) is 25.5 Å². The van der Waals surface area contributed by atoms with Crippen molar-refractivity contribution in [2.45, 2.75) is 55.4 Å². The third kappa shape index (κ3) is 5.18. The molecule has 0 saturated heterocycles. The fraction of sp³-hybridized carbons (Fsp3) is 0.500. The van der Waals surface area contributed by atoms with Crippen LogP contribution in [-0.4, -0.2) is 0 Å². The number of rotatable bonds is 0. The molecule has 0 unspecified atom stereocenters. The summed E-state index contributed by atoms with van der Waals surface area (Å²) < 4.78 is 14.3. The molecule has 1 aromatic heterocycles. The molecule has 0 atom stereocenters. The SMILES string of the molecule is CC.CC.CC.Cc1ccc2c(F)c(C)sc2c1. The first-order valence-electron chi connectivity index (χ1n) is 6.84. The van der Waals surface area contributed by atoms with Crippen LogP contribution in [0.15, 0.2) is 18.2 Å². The summed E-state index contributed by atoms with van der Waals surface area (Å²) in [5, 5.41) is 0.753. The third-order valence-electron chi connectivity index (χ3n) is 1.95. The summed E-state index contributed by atoms with van der Waals surface area (Å²) in [7, 11) is 0. The number of hydrogen-bond donors (Lipinski definition) is 0. The predicted octanol–water partition coefficient (Wildman–Crippen LogP) is 6.74. The van der Waals surface area contributed by atoms with Gasteiger partial charge in [0.1, 0.15) is 5.82 Å². The number of aryl methyl sites for hydroxylation is 2. The maximum Gasteiger partial charge on any atom is 0.144 e. The highest BCUT2D eigenvalue weighted by Crippen LogP contribution is 2.29. The van der Waals surface area contributed by atoms with E-state index in [0.29, 0.717) is 0 Å². The van der Waals surface area contributed by atoms with Gasteiger partial charge in [0.05, 0.1) is 0 Å². The van der Waals surface area contributed by atoms with E-state index in [-0.39, 0.29) is 5.82 Å². The standard InChI is InChI=1S/C10H9FS.3C2H6/c1-6-3-4-8-9(5-6)12-7(2)10(8)11;3*1-2/h3-5H,1-2H3;3*1-2H3. The first kappa shape index (κ1) is 19.4. The lowest BCUT2D eigenvalue weighted by molar-refractivity contribution is 0.636. The molecule has 0 N–H and O–H groups in total. The molecule has 0 aliphatic heterocycles. The Bertz CT molecular complexity index is 430. The van der Waals surface area contributed by atoms with Crippen LogP contribution in [0.4, 0.5) is 4.39 Å². The molecule has 0 spiro atoms. The van der Waals surface area contributed by atoms with Gasteiger partial charge in [-0.1, -0.05) is 53.7 Å². The highest BCUT2D eigenvalue weighted by atomic mass is 32.1. The molecule has 0 amide bonds. The maximum absolute atomic E-state index is 13.3. The smallest absolute Gasteiger partial charge is 0.144 e. The van der Waals surface area contributed by atoms with Crippen molar-refractivity contribution in [3.63, 3.8) is 0 Å². The van der Waals surface area contributed by atoms with E-state index in [1.54, 1.807) is 0 Å². The van der Waals surface area contributed by atoms with E-state index >= 15 is 0 Å². The van der Waals surface area contributed by atoms with E-state index in [4.69, 9.17) is 0 Å². The number of thiophene rings is 1. The average molecular weight is 270 g/mol. The van der Waals surface area contributed by atoms with E-state index in [9.17, 15) is 4.39 Å². The van der Waals surface area contributed by atoms with Crippen molar-refractivity contribution in [3.05, 3.63) is 34.5 Å². The van der Waals surface area contributed by atoms with Crippen LogP contribution in [0.1, 0.15) is 52.0 Å². The molecule has 0 radical (unpaired) electrons. The van der Waals surface area contributed by atoms with E-state index in [0.717, 1.165) is 15.0 Å². The fourth-order valence-corrected chi connectivity index (χ4v) is 2.34. The van der Waals surface area contributed by atoms with Gasteiger partial charge < -0.3 is 0 Å². The van der Waals surface area contributed by atoms with Crippen LogP contribution in [0.5, 0.6) is 0 Å². The Hall–Kier alpha value is -0.890. The molecular formula is C16H27FS. The summed E-state index contributed by atoms with van der Waals surface area (Å²) in [6, 6.07) is 5.82. The van der Waals surface area contributed by atoms with Crippen molar-refractivity contribution < 1.29 is 4.39 Å². The first-order valence-corrected chi connectivity index (χ1v) is 7.65. The van der Waals surface area contributed by atoms with Gasteiger partial charge in [-0.15, -0.1) is 11.3 Å². The number of hydrogen-bond acceptors (Lipinski definition) is 1. The molecule has 0 aliphatic carbocycles. The molecular weight excluding hydrogens is 243 g/mol. The van der Waals surface area contributed by atoms with Crippen molar-refractivity contribution in [1.29, 1.82) is 0 Å². The summed E-state index contributed by atoms with van der Waals surface area (Å²) in [6.07, 6.45) is 0. The average Bonchev–Trinajstić information content (AvgIpc) is 2.71. The van der Waals surface area contributed by atoms with Crippen LogP contribution in [0.3, 0.4) is 0 Å². The van der Waals surface area contributed by atoms with Crippen molar-refractivity contribution in [3.8, 4) is 0 Å². The summed E-state index contributed by atoms with van der Waals surface area (Å²) in [4.78, 5) is 0.774. The highest BCUT2D eigenvalue weighted by Gasteiger charge is 2.06. The van der Waals surface area contributed by atoms with Gasteiger partial charge in [-0.3, -0.25) is 0 Å². The molecule has 1 heterocycles. The summed E-state index contributed by atoms with van der Waals surface area (Å²) in [6.45, 7) is 15.8. The predicted molar refractivity (Wildman–Crippen MR) is 85.3 cm³/mol. The quantitative estimate of drug-likeness (QED) is 0.497. The first-order chi connectivity index (χ1) is 8.68. The van der Waals surface area contributed by atoms with E-state index in [2.05, 4.69) is 0 Å². The van der Waals surface area contributed by atoms with Crippen LogP contribution in [0, 0.1) is 19.7 Å². The van der Waals surface area contributed by atoms with E-state index in [1.165, 1.54) is 16.9 Å². The second kappa shape index (κ2) is 11.2.